The van der Waals surface area contributed by atoms with Crippen LogP contribution in [0.2, 0.25) is 10.0 Å². The Morgan fingerprint density at radius 1 is 1.23 bits per heavy atom. The van der Waals surface area contributed by atoms with Gasteiger partial charge in [0.15, 0.2) is 0 Å². The number of aromatic hydroxyl groups is 1. The number of carbonyl (C=O) groups is 1. The first kappa shape index (κ1) is 14.7. The lowest BCUT2D eigenvalue weighted by atomic mass is 10.2. The van der Waals surface area contributed by atoms with Crippen LogP contribution >= 0.6 is 23.2 Å². The number of fused-ring (bicyclic) bond motifs is 1. The Bertz CT molecular complexity index is 890. The number of rotatable bonds is 2. The summed E-state index contributed by atoms with van der Waals surface area (Å²) in [5.74, 6) is -0.461. The van der Waals surface area contributed by atoms with Gasteiger partial charge in [0.2, 0.25) is 0 Å². The van der Waals surface area contributed by atoms with E-state index in [0.29, 0.717) is 27.1 Å². The molecule has 0 atom stereocenters. The molecule has 22 heavy (non-hydrogen) atoms. The Labute approximate surface area is 136 Å². The van der Waals surface area contributed by atoms with Crippen LogP contribution in [0.1, 0.15) is 16.2 Å². The monoisotopic (exact) mass is 335 g/mol. The van der Waals surface area contributed by atoms with Crippen molar-refractivity contribution in [1.29, 1.82) is 0 Å². The predicted molar refractivity (Wildman–Crippen MR) is 86.0 cm³/mol. The molecule has 3 rings (SSSR count). The van der Waals surface area contributed by atoms with Crippen molar-refractivity contribution in [3.63, 3.8) is 0 Å². The van der Waals surface area contributed by atoms with Gasteiger partial charge < -0.3 is 10.4 Å². The van der Waals surface area contributed by atoms with Gasteiger partial charge in [0.25, 0.3) is 5.91 Å². The van der Waals surface area contributed by atoms with Crippen LogP contribution in [0, 0.1) is 6.92 Å². The Morgan fingerprint density at radius 3 is 2.73 bits per heavy atom. The van der Waals surface area contributed by atoms with E-state index in [1.54, 1.807) is 29.7 Å². The zero-order valence-electron chi connectivity index (χ0n) is 11.5. The molecule has 3 aromatic rings. The van der Waals surface area contributed by atoms with Crippen molar-refractivity contribution in [1.82, 2.24) is 9.38 Å². The number of nitrogens with one attached hydrogen (secondary N) is 1. The highest BCUT2D eigenvalue weighted by Gasteiger charge is 2.18. The molecule has 0 unspecified atom stereocenters. The fraction of sp³-hybridized carbons (Fsp3) is 0.0667. The maximum Gasteiger partial charge on any atom is 0.274 e. The van der Waals surface area contributed by atoms with E-state index in [4.69, 9.17) is 23.2 Å². The number of hydrogen-bond acceptors (Lipinski definition) is 3. The summed E-state index contributed by atoms with van der Waals surface area (Å²) in [5, 5.41) is 13.4. The minimum absolute atomic E-state index is 0.0627. The van der Waals surface area contributed by atoms with Gasteiger partial charge in [0, 0.05) is 22.3 Å². The number of aromatic nitrogens is 2. The van der Waals surface area contributed by atoms with Gasteiger partial charge in [-0.2, -0.15) is 0 Å². The van der Waals surface area contributed by atoms with Crippen molar-refractivity contribution in [2.45, 2.75) is 6.92 Å². The van der Waals surface area contributed by atoms with Gasteiger partial charge in [-0.15, -0.1) is 0 Å². The van der Waals surface area contributed by atoms with E-state index in [9.17, 15) is 9.90 Å². The lowest BCUT2D eigenvalue weighted by Crippen LogP contribution is -2.15. The minimum atomic E-state index is -0.398. The van der Waals surface area contributed by atoms with Crippen LogP contribution < -0.4 is 5.32 Å². The number of benzene rings is 1. The molecule has 0 aliphatic heterocycles. The van der Waals surface area contributed by atoms with Gasteiger partial charge in [0.1, 0.15) is 17.1 Å². The van der Waals surface area contributed by atoms with E-state index in [2.05, 4.69) is 10.3 Å². The quantitative estimate of drug-likeness (QED) is 0.698. The molecule has 0 saturated carbocycles. The number of phenolic OH excluding ortho intramolecular Hbond substituents is 1. The van der Waals surface area contributed by atoms with Crippen LogP contribution in [-0.2, 0) is 0 Å². The summed E-state index contributed by atoms with van der Waals surface area (Å²) in [4.78, 5) is 16.8. The summed E-state index contributed by atoms with van der Waals surface area (Å²) in [7, 11) is 0. The van der Waals surface area contributed by atoms with Crippen LogP contribution in [-0.4, -0.2) is 20.4 Å². The highest BCUT2D eigenvalue weighted by Crippen LogP contribution is 2.27. The Balaban J connectivity index is 2.02. The first-order chi connectivity index (χ1) is 10.5. The zero-order valence-corrected chi connectivity index (χ0v) is 13.0. The average Bonchev–Trinajstić information content (AvgIpc) is 2.77. The number of phenols is 1. The van der Waals surface area contributed by atoms with Crippen LogP contribution in [0.3, 0.4) is 0 Å². The van der Waals surface area contributed by atoms with Gasteiger partial charge in [0.05, 0.1) is 11.4 Å². The highest BCUT2D eigenvalue weighted by molar-refractivity contribution is 6.31. The molecule has 0 spiro atoms. The summed E-state index contributed by atoms with van der Waals surface area (Å²) >= 11 is 11.8. The van der Waals surface area contributed by atoms with Crippen LogP contribution in [0.25, 0.3) is 5.65 Å². The number of aryl methyl sites for hydroxylation is 1. The van der Waals surface area contributed by atoms with Gasteiger partial charge >= 0.3 is 0 Å². The molecule has 2 aromatic heterocycles. The molecule has 5 nitrogen and oxygen atoms in total. The van der Waals surface area contributed by atoms with Crippen molar-refractivity contribution in [3.05, 3.63) is 58.0 Å². The number of hydrogen-bond donors (Lipinski definition) is 2. The molecular weight excluding hydrogens is 325 g/mol. The largest absolute Gasteiger partial charge is 0.506 e. The first-order valence-corrected chi connectivity index (χ1v) is 7.15. The number of carbonyl (C=O) groups excluding carboxylic acids is 1. The third-order valence-electron chi connectivity index (χ3n) is 3.18. The lowest BCUT2D eigenvalue weighted by molar-refractivity contribution is 0.102. The molecule has 7 heteroatoms. The Kier molecular flexibility index (Phi) is 3.68. The van der Waals surface area contributed by atoms with E-state index in [0.717, 1.165) is 0 Å². The topological polar surface area (TPSA) is 66.6 Å². The highest BCUT2D eigenvalue weighted by atomic mass is 35.5. The molecule has 2 heterocycles. The molecule has 1 amide bonds. The summed E-state index contributed by atoms with van der Waals surface area (Å²) in [6.07, 6.45) is 1.67. The maximum absolute atomic E-state index is 12.5. The second kappa shape index (κ2) is 5.51. The number of nitrogens with zero attached hydrogens (tertiary/aromatic N) is 2. The van der Waals surface area contributed by atoms with E-state index in [1.165, 1.54) is 18.2 Å². The third kappa shape index (κ3) is 2.61. The smallest absolute Gasteiger partial charge is 0.274 e. The standard InChI is InChI=1S/C15H11Cl2N3O2/c1-8-14(20-5-4-10(17)7-13(20)18-8)15(22)19-11-6-9(16)2-3-12(11)21/h2-7,21H,1H3,(H,19,22). The molecule has 0 bridgehead atoms. The van der Waals surface area contributed by atoms with Crippen molar-refractivity contribution < 1.29 is 9.90 Å². The maximum atomic E-state index is 12.5. The molecular formula is C15H11Cl2N3O2. The molecule has 0 radical (unpaired) electrons. The second-order valence-electron chi connectivity index (χ2n) is 4.73. The van der Waals surface area contributed by atoms with E-state index in [1.807, 2.05) is 0 Å². The van der Waals surface area contributed by atoms with E-state index in [-0.39, 0.29) is 11.4 Å². The molecule has 0 saturated heterocycles. The molecule has 2 N–H and O–H groups in total. The fourth-order valence-corrected chi connectivity index (χ4v) is 2.53. The number of imidazole rings is 1. The SMILES string of the molecule is Cc1nc2cc(Cl)ccn2c1C(=O)Nc1cc(Cl)ccc1O. The zero-order chi connectivity index (χ0) is 15.9. The van der Waals surface area contributed by atoms with Crippen molar-refractivity contribution in [2.24, 2.45) is 0 Å². The molecule has 0 fully saturated rings. The average molecular weight is 336 g/mol. The minimum Gasteiger partial charge on any atom is -0.506 e. The van der Waals surface area contributed by atoms with Crippen molar-refractivity contribution in [3.8, 4) is 5.75 Å². The van der Waals surface area contributed by atoms with Gasteiger partial charge in [-0.05, 0) is 31.2 Å². The normalized spacial score (nSPS) is 10.9. The van der Waals surface area contributed by atoms with E-state index >= 15 is 0 Å². The Hall–Kier alpha value is -2.24. The van der Waals surface area contributed by atoms with Crippen LogP contribution in [0.5, 0.6) is 5.75 Å². The van der Waals surface area contributed by atoms with Gasteiger partial charge in [-0.25, -0.2) is 4.98 Å². The molecule has 0 aliphatic rings. The first-order valence-electron chi connectivity index (χ1n) is 6.40. The van der Waals surface area contributed by atoms with Crippen molar-refractivity contribution in [2.75, 3.05) is 5.32 Å². The van der Waals surface area contributed by atoms with Crippen LogP contribution in [0.4, 0.5) is 5.69 Å². The molecule has 112 valence electrons. The van der Waals surface area contributed by atoms with Crippen LogP contribution in [0.15, 0.2) is 36.5 Å². The number of anilines is 1. The third-order valence-corrected chi connectivity index (χ3v) is 3.65. The Morgan fingerprint density at radius 2 is 1.95 bits per heavy atom. The second-order valence-corrected chi connectivity index (χ2v) is 5.61. The number of pyridine rings is 1. The number of amides is 1. The fourth-order valence-electron chi connectivity index (χ4n) is 2.20. The number of halogens is 2. The van der Waals surface area contributed by atoms with Gasteiger partial charge in [-0.3, -0.25) is 9.20 Å². The van der Waals surface area contributed by atoms with Crippen molar-refractivity contribution >= 4 is 40.4 Å². The molecule has 1 aromatic carbocycles. The summed E-state index contributed by atoms with van der Waals surface area (Å²) in [6.45, 7) is 1.73. The summed E-state index contributed by atoms with van der Waals surface area (Å²) in [6, 6.07) is 7.77. The van der Waals surface area contributed by atoms with Gasteiger partial charge in [-0.1, -0.05) is 23.2 Å². The summed E-state index contributed by atoms with van der Waals surface area (Å²) < 4.78 is 1.64. The lowest BCUT2D eigenvalue weighted by Gasteiger charge is -2.08. The van der Waals surface area contributed by atoms with E-state index < -0.39 is 5.91 Å². The molecule has 0 aliphatic carbocycles. The predicted octanol–water partition coefficient (Wildman–Crippen LogP) is 3.91. The summed E-state index contributed by atoms with van der Waals surface area (Å²) in [5.41, 5.74) is 1.73.